The number of benzene rings is 8. The Kier molecular flexibility index (Phi) is 6.60. The minimum atomic E-state index is 0.515. The van der Waals surface area contributed by atoms with Crippen LogP contribution < -0.4 is 0 Å². The van der Waals surface area contributed by atoms with Gasteiger partial charge in [0.05, 0.1) is 49.9 Å². The SMILES string of the molecule is N#Cc1cc(-c2nc(-c3ccccc3)c3ccccc3n2)ccc1-n1c2ccccc2c2c3c4ccccc4oc3c3c4ccccc4n(-c4ccccc4)c3c21. The van der Waals surface area contributed by atoms with Crippen molar-refractivity contribution in [1.82, 2.24) is 19.1 Å². The van der Waals surface area contributed by atoms with Crippen LogP contribution in [0.2, 0.25) is 0 Å². The molecular formula is C51H29N5O. The Morgan fingerprint density at radius 1 is 0.491 bits per heavy atom. The lowest BCUT2D eigenvalue weighted by Crippen LogP contribution is -2.02. The van der Waals surface area contributed by atoms with E-state index >= 15 is 0 Å². The summed E-state index contributed by atoms with van der Waals surface area (Å²) >= 11 is 0. The van der Waals surface area contributed by atoms with Crippen molar-refractivity contribution in [3.05, 3.63) is 181 Å². The van der Waals surface area contributed by atoms with Gasteiger partial charge in [0.1, 0.15) is 17.2 Å². The molecular weight excluding hydrogens is 699 g/mol. The molecule has 0 unspecified atom stereocenters. The fourth-order valence-corrected chi connectivity index (χ4v) is 8.96. The molecule has 0 aliphatic carbocycles. The number of nitriles is 1. The zero-order valence-electron chi connectivity index (χ0n) is 30.4. The number of rotatable bonds is 4. The maximum atomic E-state index is 11.1. The van der Waals surface area contributed by atoms with Crippen LogP contribution in [0.25, 0.3) is 110 Å². The molecule has 12 aromatic rings. The van der Waals surface area contributed by atoms with Crippen molar-refractivity contribution in [2.75, 3.05) is 0 Å². The van der Waals surface area contributed by atoms with Crippen LogP contribution >= 0.6 is 0 Å². The second kappa shape index (κ2) is 12.0. The third-order valence-electron chi connectivity index (χ3n) is 11.3. The fraction of sp³-hybridized carbons (Fsp3) is 0. The molecule has 0 N–H and O–H groups in total. The van der Waals surface area contributed by atoms with Gasteiger partial charge in [0, 0.05) is 49.1 Å². The molecule has 6 heteroatoms. The Morgan fingerprint density at radius 2 is 1.11 bits per heavy atom. The molecule has 6 nitrogen and oxygen atoms in total. The Labute approximate surface area is 325 Å². The normalized spacial score (nSPS) is 11.8. The molecule has 0 aliphatic heterocycles. The van der Waals surface area contributed by atoms with E-state index in [1.807, 2.05) is 66.7 Å². The van der Waals surface area contributed by atoms with Gasteiger partial charge >= 0.3 is 0 Å². The van der Waals surface area contributed by atoms with E-state index in [9.17, 15) is 5.26 Å². The number of hydrogen-bond donors (Lipinski definition) is 0. The van der Waals surface area contributed by atoms with Crippen molar-refractivity contribution in [2.45, 2.75) is 0 Å². The predicted octanol–water partition coefficient (Wildman–Crippen LogP) is 12.9. The third-order valence-corrected chi connectivity index (χ3v) is 11.3. The third kappa shape index (κ3) is 4.45. The van der Waals surface area contributed by atoms with Crippen LogP contribution in [0.5, 0.6) is 0 Å². The summed E-state index contributed by atoms with van der Waals surface area (Å²) in [5.41, 5.74) is 11.6. The van der Waals surface area contributed by atoms with Gasteiger partial charge in [0.2, 0.25) is 0 Å². The average Bonchev–Trinajstić information content (AvgIpc) is 3.94. The Morgan fingerprint density at radius 3 is 1.88 bits per heavy atom. The van der Waals surface area contributed by atoms with Crippen molar-refractivity contribution in [3.63, 3.8) is 0 Å². The molecule has 0 atom stereocenters. The number of hydrogen-bond acceptors (Lipinski definition) is 4. The van der Waals surface area contributed by atoms with Crippen molar-refractivity contribution in [3.8, 4) is 40.1 Å². The Bertz CT molecular complexity index is 3640. The van der Waals surface area contributed by atoms with Crippen LogP contribution in [0.1, 0.15) is 5.56 Å². The standard InChI is InChI=1S/C51H29N5O/c52-30-33-29-32(51-53-39-23-11-7-19-35(39)47(54-51)31-15-3-1-4-16-31)27-28-40(33)56-42-25-13-8-20-36(42)44-45-38-22-10-14-26-43(38)57-50(45)46-37-21-9-12-24-41(37)55(49(46)48(44)56)34-17-5-2-6-18-34/h1-29H. The molecule has 4 aromatic heterocycles. The summed E-state index contributed by atoms with van der Waals surface area (Å²) in [5, 5.41) is 18.4. The average molecular weight is 728 g/mol. The second-order valence-electron chi connectivity index (χ2n) is 14.4. The van der Waals surface area contributed by atoms with Crippen molar-refractivity contribution in [2.24, 2.45) is 0 Å². The lowest BCUT2D eigenvalue weighted by Gasteiger charge is -2.15. The lowest BCUT2D eigenvalue weighted by molar-refractivity contribution is 0.673. The molecule has 0 saturated heterocycles. The van der Waals surface area contributed by atoms with Crippen LogP contribution in [-0.2, 0) is 0 Å². The van der Waals surface area contributed by atoms with E-state index in [-0.39, 0.29) is 0 Å². The predicted molar refractivity (Wildman–Crippen MR) is 231 cm³/mol. The van der Waals surface area contributed by atoms with Gasteiger partial charge in [-0.1, -0.05) is 121 Å². The Balaban J connectivity index is 1.23. The molecule has 264 valence electrons. The van der Waals surface area contributed by atoms with Crippen LogP contribution in [0.15, 0.2) is 180 Å². The number of fused-ring (bicyclic) bond motifs is 13. The highest BCUT2D eigenvalue weighted by Crippen LogP contribution is 2.49. The summed E-state index contributed by atoms with van der Waals surface area (Å²) in [7, 11) is 0. The first-order valence-electron chi connectivity index (χ1n) is 19.0. The van der Waals surface area contributed by atoms with E-state index in [0.29, 0.717) is 11.4 Å². The van der Waals surface area contributed by atoms with Gasteiger partial charge in [0.25, 0.3) is 0 Å². The van der Waals surface area contributed by atoms with E-state index in [1.165, 1.54) is 0 Å². The second-order valence-corrected chi connectivity index (χ2v) is 14.4. The van der Waals surface area contributed by atoms with E-state index in [2.05, 4.69) is 124 Å². The van der Waals surface area contributed by atoms with Crippen molar-refractivity contribution >= 4 is 76.5 Å². The molecule has 0 saturated carbocycles. The summed E-state index contributed by atoms with van der Waals surface area (Å²) in [6.45, 7) is 0. The van der Waals surface area contributed by atoms with Gasteiger partial charge in [-0.3, -0.25) is 0 Å². The van der Waals surface area contributed by atoms with Crippen LogP contribution in [0, 0.1) is 11.3 Å². The molecule has 0 amide bonds. The van der Waals surface area contributed by atoms with Gasteiger partial charge < -0.3 is 13.6 Å². The van der Waals surface area contributed by atoms with Crippen molar-refractivity contribution in [1.29, 1.82) is 5.26 Å². The summed E-state index contributed by atoms with van der Waals surface area (Å²) in [5.74, 6) is 0.566. The van der Waals surface area contributed by atoms with Gasteiger partial charge in [0.15, 0.2) is 5.82 Å². The molecule has 4 heterocycles. The maximum Gasteiger partial charge on any atom is 0.160 e. The largest absolute Gasteiger partial charge is 0.455 e. The van der Waals surface area contributed by atoms with E-state index in [1.54, 1.807) is 0 Å². The van der Waals surface area contributed by atoms with Gasteiger partial charge in [-0.05, 0) is 54.6 Å². The molecule has 0 radical (unpaired) electrons. The highest BCUT2D eigenvalue weighted by atomic mass is 16.3. The van der Waals surface area contributed by atoms with Crippen LogP contribution in [-0.4, -0.2) is 19.1 Å². The number of para-hydroxylation sites is 5. The first kappa shape index (κ1) is 31.4. The maximum absolute atomic E-state index is 11.1. The minimum Gasteiger partial charge on any atom is -0.455 e. The number of furan rings is 1. The molecule has 12 rings (SSSR count). The van der Waals surface area contributed by atoms with E-state index < -0.39 is 0 Å². The number of nitrogens with zero attached hydrogens (tertiary/aromatic N) is 5. The Hall–Kier alpha value is -8.01. The molecule has 0 bridgehead atoms. The minimum absolute atomic E-state index is 0.515. The summed E-state index contributed by atoms with van der Waals surface area (Å²) in [4.78, 5) is 10.2. The fourth-order valence-electron chi connectivity index (χ4n) is 8.96. The molecule has 8 aromatic carbocycles. The van der Waals surface area contributed by atoms with Gasteiger partial charge in [-0.25, -0.2) is 9.97 Å². The van der Waals surface area contributed by atoms with Crippen LogP contribution in [0.3, 0.4) is 0 Å². The van der Waals surface area contributed by atoms with Crippen LogP contribution in [0.4, 0.5) is 0 Å². The lowest BCUT2D eigenvalue weighted by atomic mass is 10.0. The quantitative estimate of drug-likeness (QED) is 0.181. The smallest absolute Gasteiger partial charge is 0.160 e. The molecule has 0 fully saturated rings. The summed E-state index contributed by atoms with van der Waals surface area (Å²) < 4.78 is 11.5. The highest BCUT2D eigenvalue weighted by Gasteiger charge is 2.28. The molecule has 0 aliphatic rings. The van der Waals surface area contributed by atoms with E-state index in [0.717, 1.165) is 105 Å². The first-order chi connectivity index (χ1) is 28.3. The highest BCUT2D eigenvalue weighted by molar-refractivity contribution is 6.39. The zero-order valence-corrected chi connectivity index (χ0v) is 30.4. The molecule has 0 spiro atoms. The van der Waals surface area contributed by atoms with Gasteiger partial charge in [-0.15, -0.1) is 0 Å². The topological polar surface area (TPSA) is 72.6 Å². The monoisotopic (exact) mass is 727 g/mol. The van der Waals surface area contributed by atoms with Crippen molar-refractivity contribution < 1.29 is 4.42 Å². The van der Waals surface area contributed by atoms with Gasteiger partial charge in [-0.2, -0.15) is 5.26 Å². The number of aromatic nitrogens is 4. The summed E-state index contributed by atoms with van der Waals surface area (Å²) in [6, 6.07) is 62.7. The molecule has 57 heavy (non-hydrogen) atoms. The summed E-state index contributed by atoms with van der Waals surface area (Å²) in [6.07, 6.45) is 0. The van der Waals surface area contributed by atoms with E-state index in [4.69, 9.17) is 14.4 Å². The zero-order chi connectivity index (χ0) is 37.6. The first-order valence-corrected chi connectivity index (χ1v) is 19.0.